The molecule has 1 aromatic rings. The molecular formula is C18H30N4O. The van der Waals surface area contributed by atoms with Crippen LogP contribution in [0, 0.1) is 11.8 Å². The Morgan fingerprint density at radius 2 is 2.09 bits per heavy atom. The van der Waals surface area contributed by atoms with E-state index in [1.807, 2.05) is 12.3 Å². The maximum Gasteiger partial charge on any atom is 0.213 e. The highest BCUT2D eigenvalue weighted by atomic mass is 16.5. The fourth-order valence-corrected chi connectivity index (χ4v) is 2.31. The highest BCUT2D eigenvalue weighted by molar-refractivity contribution is 5.79. The molecule has 0 aromatic carbocycles. The van der Waals surface area contributed by atoms with Crippen LogP contribution in [-0.4, -0.2) is 31.1 Å². The summed E-state index contributed by atoms with van der Waals surface area (Å²) in [5.74, 6) is 3.00. The van der Waals surface area contributed by atoms with Crippen molar-refractivity contribution in [1.82, 2.24) is 15.6 Å². The Kier molecular flexibility index (Phi) is 7.17. The number of guanidine groups is 1. The zero-order chi connectivity index (χ0) is 16.5. The second-order valence-electron chi connectivity index (χ2n) is 6.25. The highest BCUT2D eigenvalue weighted by Gasteiger charge is 2.22. The maximum atomic E-state index is 5.65. The minimum Gasteiger partial charge on any atom is -0.477 e. The highest BCUT2D eigenvalue weighted by Crippen LogP contribution is 2.29. The van der Waals surface area contributed by atoms with Gasteiger partial charge in [-0.2, -0.15) is 0 Å². The topological polar surface area (TPSA) is 58.5 Å². The molecule has 5 nitrogen and oxygen atoms in total. The summed E-state index contributed by atoms with van der Waals surface area (Å²) in [6.45, 7) is 6.92. The van der Waals surface area contributed by atoms with Crippen LogP contribution in [-0.2, 0) is 6.54 Å². The van der Waals surface area contributed by atoms with Crippen LogP contribution in [0.4, 0.5) is 0 Å². The summed E-state index contributed by atoms with van der Waals surface area (Å²) in [5.41, 5.74) is 1.12. The van der Waals surface area contributed by atoms with Crippen molar-refractivity contribution >= 4 is 5.96 Å². The summed E-state index contributed by atoms with van der Waals surface area (Å²) in [5, 5.41) is 6.71. The fourth-order valence-electron chi connectivity index (χ4n) is 2.31. The molecule has 1 heterocycles. The summed E-state index contributed by atoms with van der Waals surface area (Å²) in [4.78, 5) is 8.63. The van der Waals surface area contributed by atoms with Crippen LogP contribution in [0.3, 0.4) is 0 Å². The van der Waals surface area contributed by atoms with E-state index in [1.165, 1.54) is 25.7 Å². The van der Waals surface area contributed by atoms with Crippen LogP contribution < -0.4 is 15.4 Å². The average molecular weight is 318 g/mol. The van der Waals surface area contributed by atoms with Crippen molar-refractivity contribution < 1.29 is 4.74 Å². The molecule has 0 amide bonds. The van der Waals surface area contributed by atoms with Gasteiger partial charge in [-0.15, -0.1) is 0 Å². The van der Waals surface area contributed by atoms with Gasteiger partial charge in [0.05, 0.1) is 6.61 Å². The summed E-state index contributed by atoms with van der Waals surface area (Å²) in [7, 11) is 1.80. The quantitative estimate of drug-likeness (QED) is 0.543. The van der Waals surface area contributed by atoms with Crippen molar-refractivity contribution in [3.63, 3.8) is 0 Å². The second kappa shape index (κ2) is 9.38. The van der Waals surface area contributed by atoms with Gasteiger partial charge in [-0.05, 0) is 30.2 Å². The van der Waals surface area contributed by atoms with Gasteiger partial charge >= 0.3 is 0 Å². The lowest BCUT2D eigenvalue weighted by atomic mass is 10.0. The molecule has 0 spiro atoms. The van der Waals surface area contributed by atoms with Gasteiger partial charge in [-0.25, -0.2) is 4.98 Å². The Bertz CT molecular complexity index is 478. The molecule has 0 atom stereocenters. The third-order valence-corrected chi connectivity index (χ3v) is 4.36. The van der Waals surface area contributed by atoms with Gasteiger partial charge in [0.2, 0.25) is 5.88 Å². The number of rotatable bonds is 9. The SMILES string of the molecule is CCC(CC)CNC(=NC)NCc1ccc(OCC2CC2)nc1. The van der Waals surface area contributed by atoms with Crippen molar-refractivity contribution in [3.05, 3.63) is 23.9 Å². The van der Waals surface area contributed by atoms with E-state index in [4.69, 9.17) is 4.74 Å². The third kappa shape index (κ3) is 6.47. The van der Waals surface area contributed by atoms with Crippen LogP contribution in [0.2, 0.25) is 0 Å². The molecule has 1 aliphatic carbocycles. The van der Waals surface area contributed by atoms with E-state index in [2.05, 4.69) is 40.5 Å². The van der Waals surface area contributed by atoms with Gasteiger partial charge in [0.25, 0.3) is 0 Å². The largest absolute Gasteiger partial charge is 0.477 e. The molecule has 23 heavy (non-hydrogen) atoms. The molecule has 0 bridgehead atoms. The number of nitrogens with zero attached hydrogens (tertiary/aromatic N) is 2. The Morgan fingerprint density at radius 1 is 1.30 bits per heavy atom. The van der Waals surface area contributed by atoms with Gasteiger partial charge < -0.3 is 15.4 Å². The molecule has 1 aromatic heterocycles. The first-order valence-electron chi connectivity index (χ1n) is 8.77. The maximum absolute atomic E-state index is 5.65. The van der Waals surface area contributed by atoms with E-state index < -0.39 is 0 Å². The predicted octanol–water partition coefficient (Wildman–Crippen LogP) is 2.97. The van der Waals surface area contributed by atoms with Crippen LogP contribution in [0.1, 0.15) is 45.1 Å². The minimum absolute atomic E-state index is 0.693. The molecule has 0 unspecified atom stereocenters. The Labute approximate surface area is 139 Å². The molecule has 0 saturated heterocycles. The van der Waals surface area contributed by atoms with Gasteiger partial charge in [0.1, 0.15) is 0 Å². The van der Waals surface area contributed by atoms with Crippen LogP contribution >= 0.6 is 0 Å². The lowest BCUT2D eigenvalue weighted by Gasteiger charge is -2.16. The molecule has 1 saturated carbocycles. The number of aromatic nitrogens is 1. The summed E-state index contributed by atoms with van der Waals surface area (Å²) in [6, 6.07) is 4.00. The zero-order valence-corrected chi connectivity index (χ0v) is 14.6. The first kappa shape index (κ1) is 17.6. The van der Waals surface area contributed by atoms with E-state index in [1.54, 1.807) is 7.05 Å². The van der Waals surface area contributed by atoms with Crippen LogP contribution in [0.15, 0.2) is 23.3 Å². The Morgan fingerprint density at radius 3 is 2.65 bits per heavy atom. The number of pyridine rings is 1. The van der Waals surface area contributed by atoms with Crippen molar-refractivity contribution in [1.29, 1.82) is 0 Å². The van der Waals surface area contributed by atoms with Gasteiger partial charge in [-0.3, -0.25) is 4.99 Å². The van der Waals surface area contributed by atoms with Crippen molar-refractivity contribution in [2.75, 3.05) is 20.2 Å². The third-order valence-electron chi connectivity index (χ3n) is 4.36. The number of nitrogens with one attached hydrogen (secondary N) is 2. The standard InChI is InChI=1S/C18H30N4O/c1-4-14(5-2)10-21-18(19-3)22-12-16-8-9-17(20-11-16)23-13-15-6-7-15/h8-9,11,14-15H,4-7,10,12-13H2,1-3H3,(H2,19,21,22). The predicted molar refractivity (Wildman–Crippen MR) is 94.7 cm³/mol. The van der Waals surface area contributed by atoms with E-state index in [9.17, 15) is 0 Å². The van der Waals surface area contributed by atoms with Gasteiger partial charge in [0.15, 0.2) is 5.96 Å². The number of ether oxygens (including phenoxy) is 1. The molecule has 0 radical (unpaired) electrons. The van der Waals surface area contributed by atoms with E-state index in [0.717, 1.165) is 36.5 Å². The number of aliphatic imine (C=N–C) groups is 1. The van der Waals surface area contributed by atoms with Crippen LogP contribution in [0.5, 0.6) is 5.88 Å². The van der Waals surface area contributed by atoms with Gasteiger partial charge in [0, 0.05) is 32.4 Å². The fraction of sp³-hybridized carbons (Fsp3) is 0.667. The molecule has 2 rings (SSSR count). The van der Waals surface area contributed by atoms with Crippen molar-refractivity contribution in [2.24, 2.45) is 16.8 Å². The zero-order valence-electron chi connectivity index (χ0n) is 14.6. The monoisotopic (exact) mass is 318 g/mol. The molecule has 5 heteroatoms. The van der Waals surface area contributed by atoms with Crippen molar-refractivity contribution in [3.8, 4) is 5.88 Å². The minimum atomic E-state index is 0.693. The Balaban J connectivity index is 1.72. The molecule has 2 N–H and O–H groups in total. The average Bonchev–Trinajstić information content (AvgIpc) is 3.42. The van der Waals surface area contributed by atoms with Gasteiger partial charge in [-0.1, -0.05) is 32.8 Å². The number of hydrogen-bond acceptors (Lipinski definition) is 3. The molecule has 1 aliphatic rings. The summed E-state index contributed by atoms with van der Waals surface area (Å²) >= 11 is 0. The second-order valence-corrected chi connectivity index (χ2v) is 6.25. The normalized spacial score (nSPS) is 14.9. The summed E-state index contributed by atoms with van der Waals surface area (Å²) < 4.78 is 5.65. The lowest BCUT2D eigenvalue weighted by Crippen LogP contribution is -2.39. The molecule has 0 aliphatic heterocycles. The van der Waals surface area contributed by atoms with E-state index >= 15 is 0 Å². The summed E-state index contributed by atoms with van der Waals surface area (Å²) in [6.07, 6.45) is 6.83. The molecule has 1 fully saturated rings. The molecular weight excluding hydrogens is 288 g/mol. The first-order valence-corrected chi connectivity index (χ1v) is 8.77. The lowest BCUT2D eigenvalue weighted by molar-refractivity contribution is 0.288. The number of hydrogen-bond donors (Lipinski definition) is 2. The molecule has 128 valence electrons. The van der Waals surface area contributed by atoms with Crippen molar-refractivity contribution in [2.45, 2.75) is 46.1 Å². The van der Waals surface area contributed by atoms with E-state index in [0.29, 0.717) is 12.5 Å². The smallest absolute Gasteiger partial charge is 0.213 e. The Hall–Kier alpha value is -1.78. The first-order chi connectivity index (χ1) is 11.2. The van der Waals surface area contributed by atoms with Crippen LogP contribution in [0.25, 0.3) is 0 Å². The van der Waals surface area contributed by atoms with E-state index in [-0.39, 0.29) is 0 Å².